The maximum Gasteiger partial charge on any atom is 0.261 e. The predicted molar refractivity (Wildman–Crippen MR) is 56.1 cm³/mol. The van der Waals surface area contributed by atoms with E-state index in [1.54, 1.807) is 11.9 Å². The number of carbonyl (C=O) groups is 1. The highest BCUT2D eigenvalue weighted by molar-refractivity contribution is 6.03. The molecule has 0 unspecified atom stereocenters. The van der Waals surface area contributed by atoms with Crippen LogP contribution in [0, 0.1) is 0 Å². The summed E-state index contributed by atoms with van der Waals surface area (Å²) in [5.41, 5.74) is 1.64. The number of nitrogens with zero attached hydrogens (tertiary/aromatic N) is 2. The number of amides is 1. The number of anilines is 1. The minimum atomic E-state index is 0.00343. The van der Waals surface area contributed by atoms with Crippen LogP contribution < -0.4 is 4.90 Å². The van der Waals surface area contributed by atoms with Crippen molar-refractivity contribution in [3.8, 4) is 0 Å². The third-order valence-corrected chi connectivity index (χ3v) is 2.57. The summed E-state index contributed by atoms with van der Waals surface area (Å²) in [5, 5.41) is 0. The van der Waals surface area contributed by atoms with Crippen LogP contribution in [0.4, 0.5) is 5.69 Å². The summed E-state index contributed by atoms with van der Waals surface area (Å²) < 4.78 is 0. The van der Waals surface area contributed by atoms with Crippen molar-refractivity contribution in [1.82, 2.24) is 4.90 Å². The van der Waals surface area contributed by atoms with Crippen LogP contribution in [0.1, 0.15) is 10.4 Å². The molecular weight excluding hydrogens is 176 g/mol. The summed E-state index contributed by atoms with van der Waals surface area (Å²) >= 11 is 0. The molecule has 1 aliphatic rings. The van der Waals surface area contributed by atoms with Gasteiger partial charge < -0.3 is 4.90 Å². The summed E-state index contributed by atoms with van der Waals surface area (Å²) in [7, 11) is 3.64. The zero-order valence-electron chi connectivity index (χ0n) is 8.32. The van der Waals surface area contributed by atoms with Gasteiger partial charge in [0.2, 0.25) is 0 Å². The fourth-order valence-electron chi connectivity index (χ4n) is 1.61. The Labute approximate surface area is 83.2 Å². The quantitative estimate of drug-likeness (QED) is 0.618. The monoisotopic (exact) mass is 188 g/mol. The molecule has 0 fully saturated rings. The van der Waals surface area contributed by atoms with Gasteiger partial charge in [-0.15, -0.1) is 0 Å². The number of rotatable bonds is 0. The van der Waals surface area contributed by atoms with Crippen LogP contribution >= 0.6 is 0 Å². The molecule has 3 heteroatoms. The van der Waals surface area contributed by atoms with Gasteiger partial charge in [-0.1, -0.05) is 18.7 Å². The largest absolute Gasteiger partial charge is 0.331 e. The van der Waals surface area contributed by atoms with Crippen molar-refractivity contribution in [2.24, 2.45) is 0 Å². The Hall–Kier alpha value is -1.77. The van der Waals surface area contributed by atoms with Crippen molar-refractivity contribution in [1.29, 1.82) is 0 Å². The van der Waals surface area contributed by atoms with Crippen LogP contribution in [0.2, 0.25) is 0 Å². The molecule has 0 saturated carbocycles. The Morgan fingerprint density at radius 3 is 2.50 bits per heavy atom. The lowest BCUT2D eigenvalue weighted by Gasteiger charge is -2.35. The van der Waals surface area contributed by atoms with E-state index in [0.29, 0.717) is 5.82 Å². The van der Waals surface area contributed by atoms with Crippen LogP contribution in [0.3, 0.4) is 0 Å². The average molecular weight is 188 g/mol. The SMILES string of the molecule is C=C1N(C)C(=O)c2ccccc2N1C. The van der Waals surface area contributed by atoms with E-state index in [-0.39, 0.29) is 5.91 Å². The first kappa shape index (κ1) is 8.81. The van der Waals surface area contributed by atoms with E-state index in [9.17, 15) is 4.79 Å². The molecule has 0 aliphatic carbocycles. The van der Waals surface area contributed by atoms with Crippen molar-refractivity contribution in [2.75, 3.05) is 19.0 Å². The number of benzene rings is 1. The minimum absolute atomic E-state index is 0.00343. The molecular formula is C11H12N2O. The molecule has 2 rings (SSSR count). The molecule has 1 aromatic rings. The Bertz CT molecular complexity index is 412. The Morgan fingerprint density at radius 1 is 1.14 bits per heavy atom. The first-order valence-electron chi connectivity index (χ1n) is 4.42. The Kier molecular flexibility index (Phi) is 1.81. The standard InChI is InChI=1S/C11H12N2O/c1-8-12(2)10-7-5-4-6-9(10)11(14)13(8)3/h4-7H,1H2,2-3H3. The molecule has 1 heterocycles. The molecule has 0 spiro atoms. The van der Waals surface area contributed by atoms with Crippen LogP contribution in [0.15, 0.2) is 36.7 Å². The topological polar surface area (TPSA) is 23.6 Å². The molecule has 0 atom stereocenters. The second-order valence-electron chi connectivity index (χ2n) is 3.36. The Morgan fingerprint density at radius 2 is 1.79 bits per heavy atom. The van der Waals surface area contributed by atoms with Gasteiger partial charge in [-0.05, 0) is 12.1 Å². The van der Waals surface area contributed by atoms with Gasteiger partial charge in [0.25, 0.3) is 5.91 Å². The van der Waals surface area contributed by atoms with Gasteiger partial charge >= 0.3 is 0 Å². The third-order valence-electron chi connectivity index (χ3n) is 2.57. The van der Waals surface area contributed by atoms with Gasteiger partial charge in [-0.25, -0.2) is 0 Å². The third kappa shape index (κ3) is 1.02. The minimum Gasteiger partial charge on any atom is -0.331 e. The first-order valence-corrected chi connectivity index (χ1v) is 4.42. The fraction of sp³-hybridized carbons (Fsp3) is 0.182. The molecule has 0 radical (unpaired) electrons. The zero-order valence-corrected chi connectivity index (χ0v) is 8.32. The molecule has 1 amide bonds. The molecule has 0 aromatic heterocycles. The van der Waals surface area contributed by atoms with Crippen molar-refractivity contribution in [3.05, 3.63) is 42.2 Å². The summed E-state index contributed by atoms with van der Waals surface area (Å²) in [5.74, 6) is 0.706. The number of hydrogen-bond donors (Lipinski definition) is 0. The van der Waals surface area contributed by atoms with Gasteiger partial charge in [0.1, 0.15) is 5.82 Å². The van der Waals surface area contributed by atoms with Crippen molar-refractivity contribution in [3.63, 3.8) is 0 Å². The molecule has 1 aliphatic heterocycles. The second-order valence-corrected chi connectivity index (χ2v) is 3.36. The van der Waals surface area contributed by atoms with E-state index >= 15 is 0 Å². The highest BCUT2D eigenvalue weighted by atomic mass is 16.2. The van der Waals surface area contributed by atoms with Crippen LogP contribution in [-0.2, 0) is 0 Å². The molecule has 0 N–H and O–H groups in total. The first-order chi connectivity index (χ1) is 6.63. The van der Waals surface area contributed by atoms with Gasteiger partial charge in [-0.3, -0.25) is 9.69 Å². The van der Waals surface area contributed by atoms with Gasteiger partial charge in [-0.2, -0.15) is 0 Å². The molecule has 72 valence electrons. The zero-order chi connectivity index (χ0) is 10.3. The summed E-state index contributed by atoms with van der Waals surface area (Å²) in [6.07, 6.45) is 0. The lowest BCUT2D eigenvalue weighted by Crippen LogP contribution is -2.39. The van der Waals surface area contributed by atoms with E-state index in [1.165, 1.54) is 0 Å². The highest BCUT2D eigenvalue weighted by Crippen LogP contribution is 2.29. The van der Waals surface area contributed by atoms with Crippen LogP contribution in [-0.4, -0.2) is 24.9 Å². The van der Waals surface area contributed by atoms with E-state index < -0.39 is 0 Å². The fourth-order valence-corrected chi connectivity index (χ4v) is 1.61. The van der Waals surface area contributed by atoms with Crippen molar-refractivity contribution < 1.29 is 4.79 Å². The Balaban J connectivity index is 2.62. The molecule has 3 nitrogen and oxygen atoms in total. The lowest BCUT2D eigenvalue weighted by molar-refractivity contribution is 0.0826. The molecule has 1 aromatic carbocycles. The van der Waals surface area contributed by atoms with E-state index in [2.05, 4.69) is 6.58 Å². The highest BCUT2D eigenvalue weighted by Gasteiger charge is 2.27. The van der Waals surface area contributed by atoms with Gasteiger partial charge in [0, 0.05) is 14.1 Å². The smallest absolute Gasteiger partial charge is 0.261 e. The van der Waals surface area contributed by atoms with E-state index in [0.717, 1.165) is 11.3 Å². The average Bonchev–Trinajstić information content (AvgIpc) is 2.23. The van der Waals surface area contributed by atoms with Crippen molar-refractivity contribution in [2.45, 2.75) is 0 Å². The number of carbonyl (C=O) groups excluding carboxylic acids is 1. The molecule has 0 saturated heterocycles. The molecule has 0 bridgehead atoms. The van der Waals surface area contributed by atoms with Crippen LogP contribution in [0.25, 0.3) is 0 Å². The number of para-hydroxylation sites is 1. The summed E-state index contributed by atoms with van der Waals surface area (Å²) in [6.45, 7) is 3.86. The van der Waals surface area contributed by atoms with Gasteiger partial charge in [0.15, 0.2) is 0 Å². The van der Waals surface area contributed by atoms with E-state index in [1.807, 2.05) is 36.2 Å². The van der Waals surface area contributed by atoms with Gasteiger partial charge in [0.05, 0.1) is 11.3 Å². The number of hydrogen-bond acceptors (Lipinski definition) is 2. The predicted octanol–water partition coefficient (Wildman–Crippen LogP) is 1.68. The second kappa shape index (κ2) is 2.87. The number of fused-ring (bicyclic) bond motifs is 1. The maximum atomic E-state index is 11.8. The van der Waals surface area contributed by atoms with Crippen LogP contribution in [0.5, 0.6) is 0 Å². The maximum absolute atomic E-state index is 11.8. The summed E-state index contributed by atoms with van der Waals surface area (Å²) in [6, 6.07) is 7.54. The molecule has 14 heavy (non-hydrogen) atoms. The lowest BCUT2D eigenvalue weighted by atomic mass is 10.1. The summed E-state index contributed by atoms with van der Waals surface area (Å²) in [4.78, 5) is 15.3. The van der Waals surface area contributed by atoms with Crippen molar-refractivity contribution >= 4 is 11.6 Å². The van der Waals surface area contributed by atoms with E-state index in [4.69, 9.17) is 0 Å². The normalized spacial score (nSPS) is 15.9.